The Labute approximate surface area is 160 Å². The van der Waals surface area contributed by atoms with Gasteiger partial charge in [0.1, 0.15) is 0 Å². The molecule has 0 radical (unpaired) electrons. The number of piperidine rings is 1. The molecule has 4 heteroatoms. The number of urea groups is 1. The molecule has 1 aliphatic heterocycles. The fraction of sp³-hybridized carbons (Fsp3) is 0.348. The van der Waals surface area contributed by atoms with Crippen LogP contribution in [0.5, 0.6) is 0 Å². The number of carbonyl (C=O) groups excluding carboxylic acids is 1. The van der Waals surface area contributed by atoms with Gasteiger partial charge < -0.3 is 14.8 Å². The van der Waals surface area contributed by atoms with E-state index in [1.165, 1.54) is 5.56 Å². The smallest absolute Gasteiger partial charge is 0.321 e. The van der Waals surface area contributed by atoms with E-state index in [9.17, 15) is 4.79 Å². The maximum atomic E-state index is 12.8. The summed E-state index contributed by atoms with van der Waals surface area (Å²) in [5, 5.41) is 4.24. The number of fused-ring (bicyclic) bond motifs is 1. The minimum Gasteiger partial charge on any atom is -0.346 e. The van der Waals surface area contributed by atoms with Crippen molar-refractivity contribution in [2.45, 2.75) is 32.7 Å². The highest BCUT2D eigenvalue weighted by Crippen LogP contribution is 2.27. The number of anilines is 1. The Balaban J connectivity index is 1.37. The number of aryl methyl sites for hydroxylation is 1. The van der Waals surface area contributed by atoms with Gasteiger partial charge in [-0.3, -0.25) is 0 Å². The van der Waals surface area contributed by atoms with Crippen LogP contribution in [0.4, 0.5) is 10.5 Å². The van der Waals surface area contributed by atoms with Gasteiger partial charge in [-0.25, -0.2) is 4.79 Å². The van der Waals surface area contributed by atoms with Crippen molar-refractivity contribution >= 4 is 22.6 Å². The summed E-state index contributed by atoms with van der Waals surface area (Å²) in [5.41, 5.74) is 3.47. The van der Waals surface area contributed by atoms with Crippen molar-refractivity contribution in [3.05, 3.63) is 66.4 Å². The number of para-hydroxylation sites is 1. The lowest BCUT2D eigenvalue weighted by Crippen LogP contribution is -2.41. The summed E-state index contributed by atoms with van der Waals surface area (Å²) in [6.07, 6.45) is 5.29. The lowest BCUT2D eigenvalue weighted by molar-refractivity contribution is 0.182. The highest BCUT2D eigenvalue weighted by molar-refractivity contribution is 6.01. The average Bonchev–Trinajstić information content (AvgIpc) is 3.07. The zero-order valence-corrected chi connectivity index (χ0v) is 15.9. The van der Waals surface area contributed by atoms with Crippen molar-refractivity contribution in [3.63, 3.8) is 0 Å². The molecular weight excluding hydrogens is 334 g/mol. The van der Waals surface area contributed by atoms with Crippen molar-refractivity contribution in [3.8, 4) is 0 Å². The van der Waals surface area contributed by atoms with Gasteiger partial charge in [0.15, 0.2) is 0 Å². The van der Waals surface area contributed by atoms with Crippen LogP contribution in [0.1, 0.15) is 25.3 Å². The molecule has 1 N–H and O–H groups in total. The predicted octanol–water partition coefficient (Wildman–Crippen LogP) is 5.15. The molecule has 0 atom stereocenters. The number of carbonyl (C=O) groups is 1. The normalized spacial score (nSPS) is 15.2. The van der Waals surface area contributed by atoms with Crippen LogP contribution in [0.2, 0.25) is 0 Å². The third-order valence-corrected chi connectivity index (χ3v) is 5.64. The largest absolute Gasteiger partial charge is 0.346 e. The first-order chi connectivity index (χ1) is 13.2. The van der Waals surface area contributed by atoms with Crippen LogP contribution in [0.3, 0.4) is 0 Å². The highest BCUT2D eigenvalue weighted by Gasteiger charge is 2.23. The molecule has 4 nitrogen and oxygen atoms in total. The average molecular weight is 361 g/mol. The van der Waals surface area contributed by atoms with Gasteiger partial charge >= 0.3 is 6.03 Å². The molecule has 1 saturated heterocycles. The van der Waals surface area contributed by atoms with Crippen LogP contribution in [0, 0.1) is 5.92 Å². The zero-order chi connectivity index (χ0) is 18.6. The van der Waals surface area contributed by atoms with E-state index in [0.717, 1.165) is 55.5 Å². The van der Waals surface area contributed by atoms with Crippen LogP contribution in [-0.2, 0) is 13.0 Å². The molecule has 0 aliphatic carbocycles. The second-order valence-corrected chi connectivity index (χ2v) is 7.40. The van der Waals surface area contributed by atoms with Crippen LogP contribution in [0.15, 0.2) is 60.8 Å². The Morgan fingerprint density at radius 3 is 2.48 bits per heavy atom. The van der Waals surface area contributed by atoms with E-state index in [-0.39, 0.29) is 6.03 Å². The van der Waals surface area contributed by atoms with E-state index in [1.54, 1.807) is 0 Å². The van der Waals surface area contributed by atoms with Gasteiger partial charge in [0.25, 0.3) is 0 Å². The van der Waals surface area contributed by atoms with Crippen molar-refractivity contribution in [1.29, 1.82) is 0 Å². The molecule has 0 saturated carbocycles. The topological polar surface area (TPSA) is 37.3 Å². The minimum atomic E-state index is 0.0205. The number of hydrogen-bond donors (Lipinski definition) is 1. The molecule has 3 aromatic rings. The van der Waals surface area contributed by atoms with Crippen molar-refractivity contribution in [2.75, 3.05) is 18.4 Å². The molecule has 2 amide bonds. The van der Waals surface area contributed by atoms with E-state index < -0.39 is 0 Å². The number of amides is 2. The maximum absolute atomic E-state index is 12.8. The first kappa shape index (κ1) is 17.7. The maximum Gasteiger partial charge on any atom is 0.321 e. The molecule has 1 aromatic heterocycles. The molecule has 2 aromatic carbocycles. The van der Waals surface area contributed by atoms with E-state index >= 15 is 0 Å². The molecule has 0 bridgehead atoms. The number of aromatic nitrogens is 1. The molecule has 1 fully saturated rings. The summed E-state index contributed by atoms with van der Waals surface area (Å²) < 4.78 is 2.18. The van der Waals surface area contributed by atoms with E-state index in [0.29, 0.717) is 5.92 Å². The summed E-state index contributed by atoms with van der Waals surface area (Å²) in [4.78, 5) is 14.7. The predicted molar refractivity (Wildman–Crippen MR) is 111 cm³/mol. The van der Waals surface area contributed by atoms with Gasteiger partial charge in [0.2, 0.25) is 0 Å². The molecule has 140 valence electrons. The Morgan fingerprint density at radius 1 is 1.04 bits per heavy atom. The van der Waals surface area contributed by atoms with Crippen LogP contribution in [0.25, 0.3) is 10.9 Å². The fourth-order valence-corrected chi connectivity index (χ4v) is 4.09. The third-order valence-electron chi connectivity index (χ3n) is 5.64. The molecule has 0 unspecified atom stereocenters. The first-order valence-corrected chi connectivity index (χ1v) is 9.92. The van der Waals surface area contributed by atoms with Crippen LogP contribution in [-0.4, -0.2) is 28.6 Å². The summed E-state index contributed by atoms with van der Waals surface area (Å²) in [7, 11) is 0. The standard InChI is InChI=1S/C23H27N3O/c1-2-25-17-21(20-10-6-7-11-22(20)25)24-23(27)26-14-12-19(13-15-26)16-18-8-4-3-5-9-18/h3-11,17,19H,2,12-16H2,1H3,(H,24,27). The number of hydrogen-bond acceptors (Lipinski definition) is 1. The van der Waals surface area contributed by atoms with Gasteiger partial charge in [0, 0.05) is 31.2 Å². The van der Waals surface area contributed by atoms with Crippen molar-refractivity contribution in [2.24, 2.45) is 5.92 Å². The highest BCUT2D eigenvalue weighted by atomic mass is 16.2. The molecule has 1 aliphatic rings. The van der Waals surface area contributed by atoms with Crippen molar-refractivity contribution < 1.29 is 4.79 Å². The quantitative estimate of drug-likeness (QED) is 0.686. The second kappa shape index (κ2) is 7.87. The molecule has 2 heterocycles. The summed E-state index contributed by atoms with van der Waals surface area (Å²) in [6.45, 7) is 4.67. The third kappa shape index (κ3) is 3.85. The molecular formula is C23H27N3O. The SMILES string of the molecule is CCn1cc(NC(=O)N2CCC(Cc3ccccc3)CC2)c2ccccc21. The minimum absolute atomic E-state index is 0.0205. The van der Waals surface area contributed by atoms with Gasteiger partial charge in [-0.2, -0.15) is 0 Å². The number of nitrogens with one attached hydrogen (secondary N) is 1. The fourth-order valence-electron chi connectivity index (χ4n) is 4.09. The number of nitrogens with zero attached hydrogens (tertiary/aromatic N) is 2. The van der Waals surface area contributed by atoms with Gasteiger partial charge in [-0.15, -0.1) is 0 Å². The van der Waals surface area contributed by atoms with Crippen LogP contribution < -0.4 is 5.32 Å². The first-order valence-electron chi connectivity index (χ1n) is 9.92. The number of likely N-dealkylation sites (tertiary alicyclic amines) is 1. The summed E-state index contributed by atoms with van der Waals surface area (Å²) in [5.74, 6) is 0.665. The molecule has 0 spiro atoms. The number of rotatable bonds is 4. The Bertz CT molecular complexity index is 908. The monoisotopic (exact) mass is 361 g/mol. The van der Waals surface area contributed by atoms with E-state index in [1.807, 2.05) is 23.2 Å². The molecule has 4 rings (SSSR count). The second-order valence-electron chi connectivity index (χ2n) is 7.40. The van der Waals surface area contributed by atoms with Gasteiger partial charge in [-0.05, 0) is 43.7 Å². The molecule has 27 heavy (non-hydrogen) atoms. The van der Waals surface area contributed by atoms with E-state index in [4.69, 9.17) is 0 Å². The number of benzene rings is 2. The van der Waals surface area contributed by atoms with Gasteiger partial charge in [-0.1, -0.05) is 48.5 Å². The Morgan fingerprint density at radius 2 is 1.74 bits per heavy atom. The van der Waals surface area contributed by atoms with E-state index in [2.05, 4.69) is 59.3 Å². The lowest BCUT2D eigenvalue weighted by Gasteiger charge is -2.32. The zero-order valence-electron chi connectivity index (χ0n) is 15.9. The summed E-state index contributed by atoms with van der Waals surface area (Å²) >= 11 is 0. The lowest BCUT2D eigenvalue weighted by atomic mass is 9.90. The Hall–Kier alpha value is -2.75. The van der Waals surface area contributed by atoms with Gasteiger partial charge in [0.05, 0.1) is 11.2 Å². The summed E-state index contributed by atoms with van der Waals surface area (Å²) in [6, 6.07) is 18.9. The van der Waals surface area contributed by atoms with Crippen molar-refractivity contribution in [1.82, 2.24) is 9.47 Å². The van der Waals surface area contributed by atoms with Crippen LogP contribution >= 0.6 is 0 Å². The Kier molecular flexibility index (Phi) is 5.14.